The third-order valence-corrected chi connectivity index (χ3v) is 5.43. The Morgan fingerprint density at radius 3 is 2.79 bits per heavy atom. The number of nitriles is 1. The maximum atomic E-state index is 12.8. The lowest BCUT2D eigenvalue weighted by molar-refractivity contribution is 0.0672. The van der Waals surface area contributed by atoms with Crippen molar-refractivity contribution in [3.05, 3.63) is 47.4 Å². The van der Waals surface area contributed by atoms with Crippen molar-refractivity contribution >= 4 is 5.91 Å². The maximum Gasteiger partial charge on any atom is 0.280 e. The molecule has 1 aliphatic heterocycles. The van der Waals surface area contributed by atoms with Crippen molar-refractivity contribution in [2.75, 3.05) is 13.1 Å². The number of likely N-dealkylation sites (tertiary alicyclic amines) is 1. The zero-order valence-electron chi connectivity index (χ0n) is 15.7. The van der Waals surface area contributed by atoms with Gasteiger partial charge in [0, 0.05) is 24.6 Å². The van der Waals surface area contributed by atoms with Crippen LogP contribution in [-0.4, -0.2) is 49.0 Å². The molecule has 2 fully saturated rings. The molecule has 146 valence electrons. The summed E-state index contributed by atoms with van der Waals surface area (Å²) in [5.74, 6) is 1.51. The number of hydrogen-bond acceptors (Lipinski definition) is 7. The summed E-state index contributed by atoms with van der Waals surface area (Å²) in [4.78, 5) is 19.1. The first-order valence-electron chi connectivity index (χ1n) is 9.76. The van der Waals surface area contributed by atoms with Crippen LogP contribution in [0.2, 0.25) is 0 Å². The van der Waals surface area contributed by atoms with Gasteiger partial charge in [-0.25, -0.2) is 4.68 Å². The van der Waals surface area contributed by atoms with E-state index in [2.05, 4.69) is 26.5 Å². The van der Waals surface area contributed by atoms with Gasteiger partial charge in [-0.2, -0.15) is 10.2 Å². The monoisotopic (exact) mass is 389 g/mol. The molecule has 1 atom stereocenters. The highest BCUT2D eigenvalue weighted by atomic mass is 16.5. The summed E-state index contributed by atoms with van der Waals surface area (Å²) in [5, 5.41) is 21.4. The first-order chi connectivity index (χ1) is 14.2. The van der Waals surface area contributed by atoms with Crippen molar-refractivity contribution in [1.82, 2.24) is 30.0 Å². The van der Waals surface area contributed by atoms with Crippen molar-refractivity contribution < 1.29 is 9.32 Å². The molecular weight excluding hydrogens is 370 g/mol. The molecule has 1 saturated carbocycles. The minimum Gasteiger partial charge on any atom is -0.337 e. The largest absolute Gasteiger partial charge is 0.337 e. The molecule has 0 bridgehead atoms. The predicted molar refractivity (Wildman–Crippen MR) is 101 cm³/mol. The molecule has 3 aromatic rings. The molecule has 0 unspecified atom stereocenters. The highest BCUT2D eigenvalue weighted by Gasteiger charge is 2.30. The number of rotatable bonds is 4. The molecule has 1 aromatic carbocycles. The zero-order chi connectivity index (χ0) is 19.8. The van der Waals surface area contributed by atoms with Crippen LogP contribution in [0.5, 0.6) is 0 Å². The van der Waals surface area contributed by atoms with Crippen LogP contribution in [0, 0.1) is 11.3 Å². The van der Waals surface area contributed by atoms with Gasteiger partial charge in [0.15, 0.2) is 11.5 Å². The van der Waals surface area contributed by atoms with E-state index in [1.165, 1.54) is 0 Å². The van der Waals surface area contributed by atoms with E-state index >= 15 is 0 Å². The Morgan fingerprint density at radius 1 is 1.21 bits per heavy atom. The molecule has 1 amide bonds. The third kappa shape index (κ3) is 3.49. The lowest BCUT2D eigenvalue weighted by atomic mass is 10.0. The fraction of sp³-hybridized carbons (Fsp3) is 0.400. The van der Waals surface area contributed by atoms with Gasteiger partial charge in [0.25, 0.3) is 11.8 Å². The van der Waals surface area contributed by atoms with Crippen molar-refractivity contribution in [3.63, 3.8) is 0 Å². The van der Waals surface area contributed by atoms with Crippen LogP contribution in [-0.2, 0) is 0 Å². The Morgan fingerprint density at radius 2 is 2.03 bits per heavy atom. The Labute approximate surface area is 166 Å². The van der Waals surface area contributed by atoms with E-state index in [0.717, 1.165) is 31.5 Å². The number of aromatic nitrogens is 5. The molecule has 9 heteroatoms. The standard InChI is InChI=1S/C20H19N7O2/c21-10-13-3-5-15(6-4-13)20(28)26-9-1-2-16(11-26)27-12-17(23-25-27)19-22-18(24-29-19)14-7-8-14/h3-6,12,14,16H,1-2,7-9,11H2/t16-/m0/s1. The summed E-state index contributed by atoms with van der Waals surface area (Å²) >= 11 is 0. The number of piperidine rings is 1. The summed E-state index contributed by atoms with van der Waals surface area (Å²) in [5.41, 5.74) is 1.68. The molecule has 0 radical (unpaired) electrons. The van der Waals surface area contributed by atoms with E-state index < -0.39 is 0 Å². The van der Waals surface area contributed by atoms with Crippen LogP contribution in [0.25, 0.3) is 11.6 Å². The van der Waals surface area contributed by atoms with E-state index in [0.29, 0.717) is 41.7 Å². The predicted octanol–water partition coefficient (Wildman–Crippen LogP) is 2.55. The van der Waals surface area contributed by atoms with Gasteiger partial charge in [0.05, 0.1) is 23.9 Å². The topological polar surface area (TPSA) is 114 Å². The number of benzene rings is 1. The molecule has 2 aliphatic rings. The second-order valence-corrected chi connectivity index (χ2v) is 7.55. The van der Waals surface area contributed by atoms with Gasteiger partial charge >= 0.3 is 0 Å². The number of carbonyl (C=O) groups is 1. The van der Waals surface area contributed by atoms with E-state index in [4.69, 9.17) is 9.78 Å². The summed E-state index contributed by atoms with van der Waals surface area (Å²) < 4.78 is 7.11. The van der Waals surface area contributed by atoms with Gasteiger partial charge in [-0.3, -0.25) is 4.79 Å². The molecule has 9 nitrogen and oxygen atoms in total. The summed E-state index contributed by atoms with van der Waals surface area (Å²) in [6.07, 6.45) is 5.82. The first kappa shape index (κ1) is 17.6. The van der Waals surface area contributed by atoms with Crippen LogP contribution >= 0.6 is 0 Å². The van der Waals surface area contributed by atoms with Crippen LogP contribution in [0.3, 0.4) is 0 Å². The molecule has 2 aromatic heterocycles. The van der Waals surface area contributed by atoms with Gasteiger partial charge in [-0.1, -0.05) is 10.4 Å². The highest BCUT2D eigenvalue weighted by Crippen LogP contribution is 2.38. The number of hydrogen-bond donors (Lipinski definition) is 0. The average Bonchev–Trinajstić information content (AvgIpc) is 3.29. The van der Waals surface area contributed by atoms with Crippen molar-refractivity contribution in [2.24, 2.45) is 0 Å². The Balaban J connectivity index is 1.29. The lowest BCUT2D eigenvalue weighted by Crippen LogP contribution is -2.40. The maximum absolute atomic E-state index is 12.8. The lowest BCUT2D eigenvalue weighted by Gasteiger charge is -2.32. The first-order valence-corrected chi connectivity index (χ1v) is 9.76. The molecule has 1 aliphatic carbocycles. The fourth-order valence-corrected chi connectivity index (χ4v) is 3.62. The van der Waals surface area contributed by atoms with Crippen molar-refractivity contribution in [3.8, 4) is 17.7 Å². The normalized spacial score (nSPS) is 19.1. The van der Waals surface area contributed by atoms with Crippen LogP contribution in [0.15, 0.2) is 35.0 Å². The third-order valence-electron chi connectivity index (χ3n) is 5.43. The van der Waals surface area contributed by atoms with Crippen LogP contribution in [0.1, 0.15) is 59.4 Å². The number of carbonyl (C=O) groups excluding carboxylic acids is 1. The zero-order valence-corrected chi connectivity index (χ0v) is 15.7. The smallest absolute Gasteiger partial charge is 0.280 e. The van der Waals surface area contributed by atoms with Crippen molar-refractivity contribution in [1.29, 1.82) is 5.26 Å². The van der Waals surface area contributed by atoms with Gasteiger partial charge in [-0.15, -0.1) is 5.10 Å². The summed E-state index contributed by atoms with van der Waals surface area (Å²) in [6, 6.07) is 8.84. The fourth-order valence-electron chi connectivity index (χ4n) is 3.62. The van der Waals surface area contributed by atoms with E-state index in [9.17, 15) is 4.79 Å². The summed E-state index contributed by atoms with van der Waals surface area (Å²) in [7, 11) is 0. The minimum atomic E-state index is -0.0366. The highest BCUT2D eigenvalue weighted by molar-refractivity contribution is 5.94. The molecule has 0 N–H and O–H groups in total. The average molecular weight is 389 g/mol. The summed E-state index contributed by atoms with van der Waals surface area (Å²) in [6.45, 7) is 1.25. The van der Waals surface area contributed by atoms with Crippen LogP contribution < -0.4 is 0 Å². The van der Waals surface area contributed by atoms with Gasteiger partial charge < -0.3 is 9.42 Å². The second kappa shape index (κ2) is 7.13. The Bertz CT molecular complexity index is 1070. The Kier molecular flexibility index (Phi) is 4.31. The van der Waals surface area contributed by atoms with Crippen molar-refractivity contribution in [2.45, 2.75) is 37.6 Å². The molecule has 1 saturated heterocycles. The molecule has 5 rings (SSSR count). The van der Waals surface area contributed by atoms with E-state index in [-0.39, 0.29) is 11.9 Å². The SMILES string of the molecule is N#Cc1ccc(C(=O)N2CCC[C@H](n3cc(-c4nc(C5CC5)no4)nn3)C2)cc1. The number of amides is 1. The molecule has 3 heterocycles. The molecule has 29 heavy (non-hydrogen) atoms. The second-order valence-electron chi connectivity index (χ2n) is 7.55. The van der Waals surface area contributed by atoms with Gasteiger partial charge in [0.2, 0.25) is 0 Å². The van der Waals surface area contributed by atoms with Gasteiger partial charge in [-0.05, 0) is 49.9 Å². The quantitative estimate of drug-likeness (QED) is 0.673. The Hall–Kier alpha value is -3.54. The van der Waals surface area contributed by atoms with Gasteiger partial charge in [0.1, 0.15) is 0 Å². The minimum absolute atomic E-state index is 0.0366. The van der Waals surface area contributed by atoms with Crippen LogP contribution in [0.4, 0.5) is 0 Å². The van der Waals surface area contributed by atoms with E-state index in [1.807, 2.05) is 11.1 Å². The molecular formula is C20H19N7O2. The molecule has 0 spiro atoms. The number of nitrogens with zero attached hydrogens (tertiary/aromatic N) is 7. The van der Waals surface area contributed by atoms with E-state index in [1.54, 1.807) is 28.9 Å².